The van der Waals surface area contributed by atoms with Gasteiger partial charge in [0, 0.05) is 0 Å². The molecule has 112 valence electrons. The first-order chi connectivity index (χ1) is 10.2. The minimum absolute atomic E-state index is 0.0806. The number of nitrogens with one attached hydrogen (secondary N) is 1. The monoisotopic (exact) mass is 291 g/mol. The van der Waals surface area contributed by atoms with Crippen LogP contribution >= 0.6 is 0 Å². The molecule has 2 aromatic rings. The molecule has 8 heteroatoms. The van der Waals surface area contributed by atoms with Gasteiger partial charge in [0.2, 0.25) is 5.95 Å². The van der Waals surface area contributed by atoms with Crippen LogP contribution in [0.2, 0.25) is 0 Å². The third kappa shape index (κ3) is 4.18. The molecule has 21 heavy (non-hydrogen) atoms. The van der Waals surface area contributed by atoms with Crippen molar-refractivity contribution in [1.82, 2.24) is 15.0 Å². The summed E-state index contributed by atoms with van der Waals surface area (Å²) in [4.78, 5) is 11.8. The molecular formula is C13H17N5O3. The number of rotatable bonds is 7. The minimum atomic E-state index is 0.0806. The fourth-order valence-corrected chi connectivity index (χ4v) is 1.47. The molecule has 0 fully saturated rings. The molecule has 0 aliphatic rings. The summed E-state index contributed by atoms with van der Waals surface area (Å²) in [7, 11) is 1.44. The standard InChI is InChI=1S/C13H17N5O3/c1-3-8-20-9-4-6-10(7-5-9)21-13-16-11(18-14)15-12(17-13)19-2/h4-7H,3,8,14H2,1-2H3,(H,15,16,17,18). The molecule has 0 amide bonds. The Morgan fingerprint density at radius 2 is 1.71 bits per heavy atom. The second kappa shape index (κ2) is 7.25. The van der Waals surface area contributed by atoms with E-state index in [1.54, 1.807) is 12.1 Å². The minimum Gasteiger partial charge on any atom is -0.494 e. The van der Waals surface area contributed by atoms with E-state index in [0.29, 0.717) is 12.4 Å². The summed E-state index contributed by atoms with van der Waals surface area (Å²) in [6.07, 6.45) is 0.956. The van der Waals surface area contributed by atoms with Crippen LogP contribution in [-0.2, 0) is 0 Å². The molecule has 1 heterocycles. The van der Waals surface area contributed by atoms with Crippen LogP contribution < -0.4 is 25.5 Å². The first-order valence-corrected chi connectivity index (χ1v) is 6.42. The van der Waals surface area contributed by atoms with E-state index >= 15 is 0 Å². The van der Waals surface area contributed by atoms with Gasteiger partial charge >= 0.3 is 12.0 Å². The number of benzene rings is 1. The van der Waals surface area contributed by atoms with Gasteiger partial charge in [-0.1, -0.05) is 6.92 Å². The SMILES string of the molecule is CCCOc1ccc(Oc2nc(NN)nc(OC)n2)cc1. The van der Waals surface area contributed by atoms with E-state index in [0.717, 1.165) is 12.2 Å². The molecular weight excluding hydrogens is 274 g/mol. The van der Waals surface area contributed by atoms with Crippen LogP contribution in [0.4, 0.5) is 5.95 Å². The number of anilines is 1. The van der Waals surface area contributed by atoms with Crippen LogP contribution in [-0.4, -0.2) is 28.7 Å². The predicted octanol–water partition coefficient (Wildman–Crippen LogP) is 1.75. The first kappa shape index (κ1) is 14.8. The molecule has 3 N–H and O–H groups in total. The van der Waals surface area contributed by atoms with Crippen molar-refractivity contribution in [3.8, 4) is 23.5 Å². The van der Waals surface area contributed by atoms with Gasteiger partial charge in [-0.25, -0.2) is 5.84 Å². The summed E-state index contributed by atoms with van der Waals surface area (Å²) in [6, 6.07) is 7.33. The van der Waals surface area contributed by atoms with Crippen molar-refractivity contribution in [2.24, 2.45) is 5.84 Å². The quantitative estimate of drug-likeness (QED) is 0.587. The van der Waals surface area contributed by atoms with E-state index in [2.05, 4.69) is 27.3 Å². The van der Waals surface area contributed by atoms with E-state index in [9.17, 15) is 0 Å². The number of hydrogen-bond donors (Lipinski definition) is 2. The second-order valence-corrected chi connectivity index (χ2v) is 3.99. The highest BCUT2D eigenvalue weighted by Gasteiger charge is 2.08. The largest absolute Gasteiger partial charge is 0.494 e. The number of aromatic nitrogens is 3. The van der Waals surface area contributed by atoms with Crippen LogP contribution in [0.3, 0.4) is 0 Å². The Kier molecular flexibility index (Phi) is 5.10. The van der Waals surface area contributed by atoms with Gasteiger partial charge in [0.25, 0.3) is 0 Å². The van der Waals surface area contributed by atoms with E-state index < -0.39 is 0 Å². The van der Waals surface area contributed by atoms with E-state index in [1.165, 1.54) is 7.11 Å². The van der Waals surface area contributed by atoms with Crippen LogP contribution in [0.1, 0.15) is 13.3 Å². The maximum Gasteiger partial charge on any atom is 0.330 e. The maximum atomic E-state index is 5.53. The Morgan fingerprint density at radius 1 is 1.05 bits per heavy atom. The average molecular weight is 291 g/mol. The van der Waals surface area contributed by atoms with Crippen molar-refractivity contribution < 1.29 is 14.2 Å². The zero-order chi connectivity index (χ0) is 15.1. The highest BCUT2D eigenvalue weighted by molar-refractivity contribution is 5.34. The molecule has 1 aromatic carbocycles. The Labute approximate surface area is 122 Å². The molecule has 1 aromatic heterocycles. The molecule has 0 saturated heterocycles. The molecule has 0 aliphatic carbocycles. The first-order valence-electron chi connectivity index (χ1n) is 6.42. The number of nitrogen functional groups attached to an aromatic ring is 1. The fourth-order valence-electron chi connectivity index (χ4n) is 1.47. The zero-order valence-electron chi connectivity index (χ0n) is 11.9. The Hall–Kier alpha value is -2.61. The van der Waals surface area contributed by atoms with Crippen molar-refractivity contribution in [3.05, 3.63) is 24.3 Å². The number of ether oxygens (including phenoxy) is 3. The van der Waals surface area contributed by atoms with E-state index in [1.807, 2.05) is 12.1 Å². The summed E-state index contributed by atoms with van der Waals surface area (Å²) in [5.41, 5.74) is 2.32. The number of hydrazine groups is 1. The van der Waals surface area contributed by atoms with Gasteiger partial charge in [0.05, 0.1) is 13.7 Å². The molecule has 0 radical (unpaired) electrons. The lowest BCUT2D eigenvalue weighted by molar-refractivity contribution is 0.316. The van der Waals surface area contributed by atoms with Gasteiger partial charge in [0.15, 0.2) is 0 Å². The van der Waals surface area contributed by atoms with Crippen LogP contribution in [0.5, 0.6) is 23.5 Å². The molecule has 0 bridgehead atoms. The second-order valence-electron chi connectivity index (χ2n) is 3.99. The molecule has 0 saturated carbocycles. The Morgan fingerprint density at radius 3 is 2.33 bits per heavy atom. The van der Waals surface area contributed by atoms with Gasteiger partial charge in [-0.05, 0) is 30.7 Å². The number of methoxy groups -OCH3 is 1. The van der Waals surface area contributed by atoms with Crippen molar-refractivity contribution in [2.75, 3.05) is 19.1 Å². The lowest BCUT2D eigenvalue weighted by Crippen LogP contribution is -2.12. The summed E-state index contributed by atoms with van der Waals surface area (Å²) in [5, 5.41) is 0. The highest BCUT2D eigenvalue weighted by atomic mass is 16.5. The van der Waals surface area contributed by atoms with Crippen LogP contribution in [0, 0.1) is 0 Å². The summed E-state index contributed by atoms with van der Waals surface area (Å²) in [6.45, 7) is 2.73. The summed E-state index contributed by atoms with van der Waals surface area (Å²) >= 11 is 0. The lowest BCUT2D eigenvalue weighted by Gasteiger charge is -2.08. The van der Waals surface area contributed by atoms with Gasteiger partial charge in [-0.3, -0.25) is 5.43 Å². The molecule has 8 nitrogen and oxygen atoms in total. The van der Waals surface area contributed by atoms with E-state index in [-0.39, 0.29) is 18.0 Å². The Bertz CT molecular complexity index is 554. The summed E-state index contributed by atoms with van der Waals surface area (Å²) < 4.78 is 16.0. The molecule has 0 unspecified atom stereocenters. The third-order valence-corrected chi connectivity index (χ3v) is 2.41. The van der Waals surface area contributed by atoms with E-state index in [4.69, 9.17) is 20.1 Å². The predicted molar refractivity (Wildman–Crippen MR) is 76.5 cm³/mol. The number of nitrogens with two attached hydrogens (primary N) is 1. The maximum absolute atomic E-state index is 5.53. The van der Waals surface area contributed by atoms with Crippen molar-refractivity contribution in [3.63, 3.8) is 0 Å². The molecule has 0 aliphatic heterocycles. The van der Waals surface area contributed by atoms with Crippen molar-refractivity contribution in [1.29, 1.82) is 0 Å². The third-order valence-electron chi connectivity index (χ3n) is 2.41. The smallest absolute Gasteiger partial charge is 0.330 e. The summed E-state index contributed by atoms with van der Waals surface area (Å²) in [5.74, 6) is 6.77. The number of nitrogens with zero attached hydrogens (tertiary/aromatic N) is 3. The zero-order valence-corrected chi connectivity index (χ0v) is 11.9. The lowest BCUT2D eigenvalue weighted by atomic mass is 10.3. The van der Waals surface area contributed by atoms with Gasteiger partial charge in [-0.2, -0.15) is 9.97 Å². The van der Waals surface area contributed by atoms with Gasteiger partial charge in [0.1, 0.15) is 11.5 Å². The molecule has 0 atom stereocenters. The van der Waals surface area contributed by atoms with Crippen LogP contribution in [0.15, 0.2) is 24.3 Å². The van der Waals surface area contributed by atoms with Gasteiger partial charge in [-0.15, -0.1) is 4.98 Å². The average Bonchev–Trinajstić information content (AvgIpc) is 2.53. The number of hydrogen-bond acceptors (Lipinski definition) is 8. The highest BCUT2D eigenvalue weighted by Crippen LogP contribution is 2.23. The molecule has 2 rings (SSSR count). The fraction of sp³-hybridized carbons (Fsp3) is 0.308. The van der Waals surface area contributed by atoms with Gasteiger partial charge < -0.3 is 14.2 Å². The van der Waals surface area contributed by atoms with Crippen LogP contribution in [0.25, 0.3) is 0 Å². The molecule has 0 spiro atoms. The Balaban J connectivity index is 2.10. The topological polar surface area (TPSA) is 104 Å². The normalized spacial score (nSPS) is 10.0. The van der Waals surface area contributed by atoms with Crippen molar-refractivity contribution >= 4 is 5.95 Å². The van der Waals surface area contributed by atoms with Crippen molar-refractivity contribution in [2.45, 2.75) is 13.3 Å².